The van der Waals surface area contributed by atoms with Crippen molar-refractivity contribution in [1.29, 1.82) is 0 Å². The maximum Gasteiger partial charge on any atom is 0.339 e. The third-order valence-electron chi connectivity index (χ3n) is 6.35. The molecule has 2 aliphatic rings. The molecule has 0 radical (unpaired) electrons. The number of hydroxylamine groups is 1. The van der Waals surface area contributed by atoms with Gasteiger partial charge in [-0.3, -0.25) is 9.63 Å². The monoisotopic (exact) mass is 476 g/mol. The third-order valence-corrected chi connectivity index (χ3v) is 6.35. The molecule has 1 fully saturated rings. The van der Waals surface area contributed by atoms with E-state index in [0.29, 0.717) is 34.9 Å². The highest BCUT2D eigenvalue weighted by Crippen LogP contribution is 2.57. The standard InChI is InChI=1S/C27H25FN2O5/c1-3-33-20-12-8-9-17(15-20)23-27(21-16-18(28)13-14-22(21)29-26(27)32)24(25(31)34-4-2)35-30(23)19-10-6-5-7-11-19/h5-16,23-24H,3-4H2,1-2H3,(H,29,32). The summed E-state index contributed by atoms with van der Waals surface area (Å²) in [4.78, 5) is 33.4. The lowest BCUT2D eigenvalue weighted by atomic mass is 9.69. The predicted molar refractivity (Wildman–Crippen MR) is 127 cm³/mol. The molecular weight excluding hydrogens is 451 g/mol. The number of rotatable bonds is 6. The largest absolute Gasteiger partial charge is 0.494 e. The van der Waals surface area contributed by atoms with Gasteiger partial charge in [0.05, 0.1) is 18.9 Å². The fourth-order valence-corrected chi connectivity index (χ4v) is 5.00. The van der Waals surface area contributed by atoms with Gasteiger partial charge in [0.2, 0.25) is 12.0 Å². The number of hydrogen-bond acceptors (Lipinski definition) is 6. The number of carbonyl (C=O) groups excluding carboxylic acids is 2. The molecule has 1 spiro atoms. The number of anilines is 2. The Morgan fingerprint density at radius 2 is 1.86 bits per heavy atom. The van der Waals surface area contributed by atoms with Crippen molar-refractivity contribution in [2.75, 3.05) is 23.6 Å². The van der Waals surface area contributed by atoms with Crippen LogP contribution >= 0.6 is 0 Å². The Bertz CT molecular complexity index is 1270. The number of amides is 1. The van der Waals surface area contributed by atoms with Gasteiger partial charge in [-0.25, -0.2) is 14.2 Å². The molecule has 8 heteroatoms. The van der Waals surface area contributed by atoms with Crippen molar-refractivity contribution < 1.29 is 28.3 Å². The smallest absolute Gasteiger partial charge is 0.339 e. The van der Waals surface area contributed by atoms with E-state index in [1.807, 2.05) is 61.5 Å². The van der Waals surface area contributed by atoms with E-state index < -0.39 is 35.3 Å². The molecule has 0 aromatic heterocycles. The summed E-state index contributed by atoms with van der Waals surface area (Å²) in [7, 11) is 0. The second-order valence-corrected chi connectivity index (χ2v) is 8.32. The zero-order valence-corrected chi connectivity index (χ0v) is 19.4. The minimum absolute atomic E-state index is 0.0994. The molecule has 3 unspecified atom stereocenters. The number of para-hydroxylation sites is 1. The lowest BCUT2D eigenvalue weighted by Gasteiger charge is -2.33. The van der Waals surface area contributed by atoms with E-state index in [1.165, 1.54) is 18.2 Å². The summed E-state index contributed by atoms with van der Waals surface area (Å²) in [6.45, 7) is 4.11. The van der Waals surface area contributed by atoms with Gasteiger partial charge in [-0.15, -0.1) is 0 Å². The van der Waals surface area contributed by atoms with Crippen molar-refractivity contribution in [3.05, 3.63) is 89.7 Å². The van der Waals surface area contributed by atoms with E-state index in [2.05, 4.69) is 5.32 Å². The van der Waals surface area contributed by atoms with Gasteiger partial charge in [0.15, 0.2) is 0 Å². The van der Waals surface area contributed by atoms with E-state index >= 15 is 0 Å². The zero-order valence-electron chi connectivity index (χ0n) is 19.4. The summed E-state index contributed by atoms with van der Waals surface area (Å²) in [5, 5.41) is 4.39. The first kappa shape index (κ1) is 22.9. The first-order chi connectivity index (χ1) is 17.0. The first-order valence-corrected chi connectivity index (χ1v) is 11.5. The molecule has 2 heterocycles. The van der Waals surface area contributed by atoms with Crippen LogP contribution in [0.25, 0.3) is 0 Å². The zero-order chi connectivity index (χ0) is 24.6. The van der Waals surface area contributed by atoms with Gasteiger partial charge in [0.1, 0.15) is 23.0 Å². The van der Waals surface area contributed by atoms with Crippen LogP contribution in [0, 0.1) is 5.82 Å². The topological polar surface area (TPSA) is 77.1 Å². The fourth-order valence-electron chi connectivity index (χ4n) is 5.00. The van der Waals surface area contributed by atoms with E-state index in [-0.39, 0.29) is 6.61 Å². The van der Waals surface area contributed by atoms with Crippen LogP contribution in [0.4, 0.5) is 15.8 Å². The Morgan fingerprint density at radius 1 is 1.06 bits per heavy atom. The Balaban J connectivity index is 1.80. The molecule has 0 aliphatic carbocycles. The molecule has 180 valence electrons. The van der Waals surface area contributed by atoms with E-state index in [4.69, 9.17) is 14.3 Å². The van der Waals surface area contributed by atoms with Crippen molar-refractivity contribution in [3.8, 4) is 5.75 Å². The van der Waals surface area contributed by atoms with Crippen molar-refractivity contribution in [2.45, 2.75) is 31.4 Å². The second-order valence-electron chi connectivity index (χ2n) is 8.32. The molecule has 7 nitrogen and oxygen atoms in total. The maximum atomic E-state index is 14.6. The van der Waals surface area contributed by atoms with Gasteiger partial charge in [-0.2, -0.15) is 0 Å². The van der Waals surface area contributed by atoms with E-state index in [1.54, 1.807) is 12.0 Å². The Labute approximate surface area is 202 Å². The summed E-state index contributed by atoms with van der Waals surface area (Å²) in [5.41, 5.74) is 0.438. The van der Waals surface area contributed by atoms with Gasteiger partial charge in [0, 0.05) is 5.69 Å². The van der Waals surface area contributed by atoms with Crippen LogP contribution in [0.1, 0.15) is 31.0 Å². The third kappa shape index (κ3) is 3.61. The second kappa shape index (κ2) is 9.03. The van der Waals surface area contributed by atoms with Gasteiger partial charge < -0.3 is 14.8 Å². The molecule has 1 N–H and O–H groups in total. The van der Waals surface area contributed by atoms with Crippen LogP contribution in [0.3, 0.4) is 0 Å². The minimum Gasteiger partial charge on any atom is -0.494 e. The summed E-state index contributed by atoms with van der Waals surface area (Å²) >= 11 is 0. The quantitative estimate of drug-likeness (QED) is 0.527. The molecule has 5 rings (SSSR count). The van der Waals surface area contributed by atoms with Crippen LogP contribution in [0.15, 0.2) is 72.8 Å². The molecule has 3 aromatic carbocycles. The molecular formula is C27H25FN2O5. The normalized spacial score (nSPS) is 22.7. The Kier molecular flexibility index (Phi) is 5.90. The summed E-state index contributed by atoms with van der Waals surface area (Å²) in [6.07, 6.45) is -1.36. The van der Waals surface area contributed by atoms with Gasteiger partial charge in [0.25, 0.3) is 0 Å². The highest BCUT2D eigenvalue weighted by atomic mass is 19.1. The van der Waals surface area contributed by atoms with Crippen molar-refractivity contribution in [1.82, 2.24) is 0 Å². The lowest BCUT2D eigenvalue weighted by Crippen LogP contribution is -2.50. The number of halogens is 1. The van der Waals surface area contributed by atoms with Crippen LogP contribution in [0.2, 0.25) is 0 Å². The van der Waals surface area contributed by atoms with Crippen LogP contribution in [0.5, 0.6) is 5.75 Å². The molecule has 3 atom stereocenters. The van der Waals surface area contributed by atoms with E-state index in [9.17, 15) is 14.0 Å². The Morgan fingerprint density at radius 3 is 2.60 bits per heavy atom. The molecule has 1 saturated heterocycles. The SMILES string of the molecule is CCOC(=O)C1ON(c2ccccc2)C(c2cccc(OCC)c2)C12C(=O)Nc1ccc(F)cc12. The number of esters is 1. The number of nitrogens with zero attached hydrogens (tertiary/aromatic N) is 1. The summed E-state index contributed by atoms with van der Waals surface area (Å²) < 4.78 is 25.6. The van der Waals surface area contributed by atoms with Crippen molar-refractivity contribution >= 4 is 23.3 Å². The van der Waals surface area contributed by atoms with Crippen LogP contribution < -0.4 is 15.1 Å². The number of benzene rings is 3. The average molecular weight is 477 g/mol. The number of ether oxygens (including phenoxy) is 2. The summed E-state index contributed by atoms with van der Waals surface area (Å²) in [5.74, 6) is -1.10. The lowest BCUT2D eigenvalue weighted by molar-refractivity contribution is -0.159. The van der Waals surface area contributed by atoms with Crippen molar-refractivity contribution in [2.24, 2.45) is 0 Å². The highest BCUT2D eigenvalue weighted by molar-refractivity contribution is 6.11. The highest BCUT2D eigenvalue weighted by Gasteiger charge is 2.68. The average Bonchev–Trinajstić information content (AvgIpc) is 3.36. The number of nitrogens with one attached hydrogen (secondary N) is 1. The minimum atomic E-state index is -1.62. The van der Waals surface area contributed by atoms with Gasteiger partial charge in [-0.1, -0.05) is 30.3 Å². The van der Waals surface area contributed by atoms with Gasteiger partial charge >= 0.3 is 5.97 Å². The molecule has 35 heavy (non-hydrogen) atoms. The maximum absolute atomic E-state index is 14.6. The number of hydrogen-bond donors (Lipinski definition) is 1. The molecule has 0 bridgehead atoms. The summed E-state index contributed by atoms with van der Waals surface area (Å²) in [6, 6.07) is 19.7. The number of fused-ring (bicyclic) bond motifs is 2. The molecule has 2 aliphatic heterocycles. The molecule has 3 aromatic rings. The first-order valence-electron chi connectivity index (χ1n) is 11.5. The molecule has 1 amide bonds. The predicted octanol–water partition coefficient (Wildman–Crippen LogP) is 4.54. The fraction of sp³-hybridized carbons (Fsp3) is 0.259. The number of carbonyl (C=O) groups is 2. The van der Waals surface area contributed by atoms with Gasteiger partial charge in [-0.05, 0) is 67.4 Å². The van der Waals surface area contributed by atoms with Crippen LogP contribution in [-0.4, -0.2) is 31.2 Å². The Hall–Kier alpha value is -3.91. The molecule has 0 saturated carbocycles. The van der Waals surface area contributed by atoms with Crippen LogP contribution in [-0.2, 0) is 24.6 Å². The van der Waals surface area contributed by atoms with E-state index in [0.717, 1.165) is 0 Å². The van der Waals surface area contributed by atoms with Crippen molar-refractivity contribution in [3.63, 3.8) is 0 Å².